The minimum absolute atomic E-state index is 0.530. The molecule has 0 radical (unpaired) electrons. The molecule has 20 heavy (non-hydrogen) atoms. The van der Waals surface area contributed by atoms with E-state index in [1.54, 1.807) is 13.2 Å². The maximum Gasteiger partial charge on any atom is 0.119 e. The minimum Gasteiger partial charge on any atom is -0.497 e. The van der Waals surface area contributed by atoms with Gasteiger partial charge in [-0.05, 0) is 53.8 Å². The van der Waals surface area contributed by atoms with E-state index in [1.165, 1.54) is 5.56 Å². The van der Waals surface area contributed by atoms with Crippen LogP contribution in [0.25, 0.3) is 0 Å². The van der Waals surface area contributed by atoms with Crippen LogP contribution >= 0.6 is 23.2 Å². The van der Waals surface area contributed by atoms with E-state index in [2.05, 4.69) is 6.07 Å². The summed E-state index contributed by atoms with van der Waals surface area (Å²) in [5, 5.41) is 1.08. The molecule has 2 N–H and O–H groups in total. The predicted molar refractivity (Wildman–Crippen MR) is 82.7 cm³/mol. The fourth-order valence-electron chi connectivity index (χ4n) is 2.86. The molecule has 1 aliphatic carbocycles. The summed E-state index contributed by atoms with van der Waals surface area (Å²) in [5.41, 5.74) is 9.50. The first-order chi connectivity index (χ1) is 9.54. The quantitative estimate of drug-likeness (QED) is 0.904. The highest BCUT2D eigenvalue weighted by Crippen LogP contribution is 2.42. The van der Waals surface area contributed by atoms with Crippen molar-refractivity contribution in [3.05, 3.63) is 63.1 Å². The molecule has 0 aliphatic heterocycles. The second-order valence-electron chi connectivity index (χ2n) is 5.12. The summed E-state index contributed by atoms with van der Waals surface area (Å²) in [7, 11) is 1.66. The van der Waals surface area contributed by atoms with Gasteiger partial charge in [0, 0.05) is 0 Å². The molecule has 0 aromatic heterocycles. The Morgan fingerprint density at radius 1 is 1.10 bits per heavy atom. The zero-order valence-electron chi connectivity index (χ0n) is 11.1. The molecule has 104 valence electrons. The van der Waals surface area contributed by atoms with Crippen LogP contribution in [-0.4, -0.2) is 7.11 Å². The molecule has 0 saturated heterocycles. The van der Waals surface area contributed by atoms with Gasteiger partial charge in [0.2, 0.25) is 0 Å². The second-order valence-corrected chi connectivity index (χ2v) is 5.94. The molecule has 0 spiro atoms. The van der Waals surface area contributed by atoms with Crippen LogP contribution in [0.2, 0.25) is 10.0 Å². The normalized spacial score (nSPS) is 20.8. The molecule has 3 rings (SSSR count). The van der Waals surface area contributed by atoms with E-state index >= 15 is 0 Å². The van der Waals surface area contributed by atoms with Gasteiger partial charge in [-0.3, -0.25) is 0 Å². The number of hydrogen-bond acceptors (Lipinski definition) is 2. The van der Waals surface area contributed by atoms with Gasteiger partial charge in [-0.15, -0.1) is 0 Å². The lowest BCUT2D eigenvalue weighted by molar-refractivity contribution is 0.413. The Hall–Kier alpha value is -1.22. The van der Waals surface area contributed by atoms with Crippen molar-refractivity contribution in [2.75, 3.05) is 7.11 Å². The number of fused-ring (bicyclic) bond motifs is 1. The monoisotopic (exact) mass is 307 g/mol. The first kappa shape index (κ1) is 13.7. The van der Waals surface area contributed by atoms with E-state index in [-0.39, 0.29) is 0 Å². The van der Waals surface area contributed by atoms with Crippen molar-refractivity contribution in [2.45, 2.75) is 18.4 Å². The van der Waals surface area contributed by atoms with Gasteiger partial charge in [0.1, 0.15) is 5.75 Å². The largest absolute Gasteiger partial charge is 0.497 e. The summed E-state index contributed by atoms with van der Waals surface area (Å²) in [6.45, 7) is 0. The van der Waals surface area contributed by atoms with E-state index < -0.39 is 5.54 Å². The Bertz CT molecular complexity index is 672. The highest BCUT2D eigenvalue weighted by atomic mass is 35.5. The topological polar surface area (TPSA) is 35.2 Å². The number of hydrogen-bond donors (Lipinski definition) is 1. The average molecular weight is 308 g/mol. The standard InChI is InChI=1S/C16H15Cl2NO/c1-20-12-4-2-10-6-7-16(19,13(10)9-12)11-3-5-14(17)15(18)8-11/h2-5,8-9H,6-7,19H2,1H3. The van der Waals surface area contributed by atoms with E-state index in [0.29, 0.717) is 10.0 Å². The molecule has 0 amide bonds. The fourth-order valence-corrected chi connectivity index (χ4v) is 3.15. The Balaban J connectivity index is 2.13. The first-order valence-corrected chi connectivity index (χ1v) is 7.22. The summed E-state index contributed by atoms with van der Waals surface area (Å²) in [5.74, 6) is 0.820. The number of aryl methyl sites for hydroxylation is 1. The molecule has 0 saturated carbocycles. The summed E-state index contributed by atoms with van der Waals surface area (Å²) in [6.07, 6.45) is 1.81. The highest BCUT2D eigenvalue weighted by molar-refractivity contribution is 6.42. The minimum atomic E-state index is -0.530. The van der Waals surface area contributed by atoms with Gasteiger partial charge >= 0.3 is 0 Å². The number of benzene rings is 2. The van der Waals surface area contributed by atoms with Crippen LogP contribution in [0, 0.1) is 0 Å². The number of nitrogens with two attached hydrogens (primary N) is 1. The average Bonchev–Trinajstić information content (AvgIpc) is 2.80. The fraction of sp³-hybridized carbons (Fsp3) is 0.250. The van der Waals surface area contributed by atoms with Gasteiger partial charge in [0.15, 0.2) is 0 Å². The molecule has 1 aliphatic rings. The molecule has 1 unspecified atom stereocenters. The zero-order chi connectivity index (χ0) is 14.3. The van der Waals surface area contributed by atoms with Gasteiger partial charge in [-0.1, -0.05) is 35.3 Å². The third-order valence-corrected chi connectivity index (χ3v) is 4.76. The summed E-state index contributed by atoms with van der Waals surface area (Å²) < 4.78 is 5.31. The Labute approximate surface area is 128 Å². The van der Waals surface area contributed by atoms with Crippen molar-refractivity contribution in [1.82, 2.24) is 0 Å². The van der Waals surface area contributed by atoms with Crippen LogP contribution in [0.4, 0.5) is 0 Å². The molecule has 0 bridgehead atoms. The van der Waals surface area contributed by atoms with Crippen LogP contribution in [0.3, 0.4) is 0 Å². The summed E-state index contributed by atoms with van der Waals surface area (Å²) >= 11 is 12.1. The van der Waals surface area contributed by atoms with Crippen LogP contribution in [0.5, 0.6) is 5.75 Å². The van der Waals surface area contributed by atoms with Crippen molar-refractivity contribution in [1.29, 1.82) is 0 Å². The molecular formula is C16H15Cl2NO. The summed E-state index contributed by atoms with van der Waals surface area (Å²) in [4.78, 5) is 0. The summed E-state index contributed by atoms with van der Waals surface area (Å²) in [6, 6.07) is 11.7. The van der Waals surface area contributed by atoms with Crippen molar-refractivity contribution in [3.63, 3.8) is 0 Å². The number of rotatable bonds is 2. The zero-order valence-corrected chi connectivity index (χ0v) is 12.6. The van der Waals surface area contributed by atoms with Crippen molar-refractivity contribution in [3.8, 4) is 5.75 Å². The molecule has 2 aromatic rings. The SMILES string of the molecule is COc1ccc2c(c1)C(N)(c1ccc(Cl)c(Cl)c1)CC2. The molecule has 0 heterocycles. The Morgan fingerprint density at radius 2 is 1.90 bits per heavy atom. The van der Waals surface area contributed by atoms with Crippen LogP contribution < -0.4 is 10.5 Å². The lowest BCUT2D eigenvalue weighted by Crippen LogP contribution is -2.35. The van der Waals surface area contributed by atoms with Gasteiger partial charge in [-0.25, -0.2) is 0 Å². The smallest absolute Gasteiger partial charge is 0.119 e. The van der Waals surface area contributed by atoms with E-state index in [9.17, 15) is 0 Å². The Morgan fingerprint density at radius 3 is 2.60 bits per heavy atom. The van der Waals surface area contributed by atoms with E-state index in [1.807, 2.05) is 24.3 Å². The number of halogens is 2. The van der Waals surface area contributed by atoms with Crippen molar-refractivity contribution in [2.24, 2.45) is 5.73 Å². The van der Waals surface area contributed by atoms with Crippen molar-refractivity contribution < 1.29 is 4.74 Å². The van der Waals surface area contributed by atoms with E-state index in [4.69, 9.17) is 33.7 Å². The maximum absolute atomic E-state index is 6.68. The molecule has 2 nitrogen and oxygen atoms in total. The third kappa shape index (κ3) is 2.08. The second kappa shape index (κ2) is 4.96. The highest BCUT2D eigenvalue weighted by Gasteiger charge is 2.37. The predicted octanol–water partition coefficient (Wildman–Crippen LogP) is 4.15. The molecule has 0 fully saturated rings. The number of methoxy groups -OCH3 is 1. The van der Waals surface area contributed by atoms with Gasteiger partial charge in [-0.2, -0.15) is 0 Å². The lowest BCUT2D eigenvalue weighted by Gasteiger charge is -2.27. The van der Waals surface area contributed by atoms with E-state index in [0.717, 1.165) is 29.7 Å². The first-order valence-electron chi connectivity index (χ1n) is 6.46. The number of ether oxygens (including phenoxy) is 1. The molecular weight excluding hydrogens is 293 g/mol. The van der Waals surface area contributed by atoms with Crippen LogP contribution in [0.15, 0.2) is 36.4 Å². The third-order valence-electron chi connectivity index (χ3n) is 4.02. The lowest BCUT2D eigenvalue weighted by atomic mass is 9.85. The van der Waals surface area contributed by atoms with Gasteiger partial charge in [0.25, 0.3) is 0 Å². The van der Waals surface area contributed by atoms with Crippen LogP contribution in [-0.2, 0) is 12.0 Å². The van der Waals surface area contributed by atoms with Gasteiger partial charge < -0.3 is 10.5 Å². The molecule has 4 heteroatoms. The van der Waals surface area contributed by atoms with Crippen molar-refractivity contribution >= 4 is 23.2 Å². The maximum atomic E-state index is 6.68. The van der Waals surface area contributed by atoms with Crippen LogP contribution in [0.1, 0.15) is 23.1 Å². The molecule has 2 aromatic carbocycles. The van der Waals surface area contributed by atoms with Gasteiger partial charge in [0.05, 0.1) is 22.7 Å². The Kier molecular flexibility index (Phi) is 3.41. The molecule has 1 atom stereocenters.